The molecule has 2 nitrogen and oxygen atoms in total. The molecule has 5 fully saturated rings. The molecule has 5 saturated carbocycles. The van der Waals surface area contributed by atoms with Crippen molar-refractivity contribution >= 4 is 5.97 Å². The second-order valence-electron chi connectivity index (χ2n) is 14.8. The molecular formula is C31H52O2. The average molecular weight is 457 g/mol. The predicted molar refractivity (Wildman–Crippen MR) is 136 cm³/mol. The highest BCUT2D eigenvalue weighted by Gasteiger charge is 2.80. The summed E-state index contributed by atoms with van der Waals surface area (Å²) in [6.07, 6.45) is 17.1. The predicted octanol–water partition coefficient (Wildman–Crippen LogP) is 8.43. The summed E-state index contributed by atoms with van der Waals surface area (Å²) < 4.78 is 5.89. The van der Waals surface area contributed by atoms with Gasteiger partial charge >= 0.3 is 5.97 Å². The smallest absolute Gasteiger partial charge is 0.302 e. The number of hydrogen-bond donors (Lipinski definition) is 0. The minimum absolute atomic E-state index is 0.0869. The van der Waals surface area contributed by atoms with Crippen molar-refractivity contribution < 1.29 is 9.53 Å². The molecule has 0 aromatic carbocycles. The summed E-state index contributed by atoms with van der Waals surface area (Å²) in [5.41, 5.74) is 1.92. The lowest BCUT2D eigenvalue weighted by Crippen LogP contribution is -2.55. The summed E-state index contributed by atoms with van der Waals surface area (Å²) in [4.78, 5) is 11.8. The first kappa shape index (κ1) is 24.2. The minimum Gasteiger partial charge on any atom is -0.462 e. The number of carbonyl (C=O) groups excluding carboxylic acids is 1. The van der Waals surface area contributed by atoms with Crippen LogP contribution in [0.5, 0.6) is 0 Å². The monoisotopic (exact) mass is 456 g/mol. The molecule has 2 spiro atoms. The highest BCUT2D eigenvalue weighted by Crippen LogP contribution is 2.87. The van der Waals surface area contributed by atoms with E-state index in [9.17, 15) is 4.79 Å². The van der Waals surface area contributed by atoms with E-state index in [4.69, 9.17) is 4.74 Å². The van der Waals surface area contributed by atoms with E-state index >= 15 is 0 Å². The summed E-state index contributed by atoms with van der Waals surface area (Å²) in [5, 5.41) is 0. The number of rotatable bonds is 6. The molecule has 0 radical (unpaired) electrons. The maximum absolute atomic E-state index is 11.8. The highest BCUT2D eigenvalue weighted by atomic mass is 16.5. The van der Waals surface area contributed by atoms with Crippen LogP contribution in [-0.4, -0.2) is 12.1 Å². The van der Waals surface area contributed by atoms with E-state index in [1.54, 1.807) is 6.92 Å². The third-order valence-electron chi connectivity index (χ3n) is 12.7. The van der Waals surface area contributed by atoms with E-state index in [0.29, 0.717) is 16.2 Å². The van der Waals surface area contributed by atoms with E-state index in [2.05, 4.69) is 41.5 Å². The molecule has 0 saturated heterocycles. The van der Waals surface area contributed by atoms with Gasteiger partial charge in [-0.1, -0.05) is 60.8 Å². The zero-order chi connectivity index (χ0) is 23.8. The fourth-order valence-corrected chi connectivity index (χ4v) is 11.3. The van der Waals surface area contributed by atoms with Crippen molar-refractivity contribution in [3.63, 3.8) is 0 Å². The van der Waals surface area contributed by atoms with Gasteiger partial charge in [0, 0.05) is 12.3 Å². The molecule has 0 aromatic rings. The second kappa shape index (κ2) is 7.99. The van der Waals surface area contributed by atoms with Gasteiger partial charge in [-0.2, -0.15) is 0 Å². The van der Waals surface area contributed by atoms with Gasteiger partial charge in [-0.3, -0.25) is 4.79 Å². The molecule has 0 unspecified atom stereocenters. The Labute approximate surface area is 204 Å². The van der Waals surface area contributed by atoms with Crippen molar-refractivity contribution in [2.24, 2.45) is 57.2 Å². The Hall–Kier alpha value is -0.530. The summed E-state index contributed by atoms with van der Waals surface area (Å²) in [5.74, 6) is 5.30. The fourth-order valence-electron chi connectivity index (χ4n) is 11.3. The Balaban J connectivity index is 1.33. The van der Waals surface area contributed by atoms with Crippen LogP contribution < -0.4 is 0 Å². The number of carbonyl (C=O) groups is 1. The van der Waals surface area contributed by atoms with Crippen LogP contribution in [-0.2, 0) is 9.53 Å². The SMILES string of the molecule is CC(=O)O[C@H]1CC[C@]23C[C@]24CC[C@]2(C)[C@H]([C@H](C)CCCC(C)C)CC[C@H]2[C@@H]4CC[C@H]3C1(C)C. The first-order chi connectivity index (χ1) is 15.5. The molecule has 0 amide bonds. The third kappa shape index (κ3) is 3.41. The van der Waals surface area contributed by atoms with Crippen LogP contribution in [0.1, 0.15) is 126 Å². The van der Waals surface area contributed by atoms with Gasteiger partial charge in [-0.15, -0.1) is 0 Å². The number of fused-ring (bicyclic) bond motifs is 2. The first-order valence-electron chi connectivity index (χ1n) is 14.7. The average Bonchev–Trinajstić information content (AvgIpc) is 3.26. The molecule has 2 heteroatoms. The van der Waals surface area contributed by atoms with Gasteiger partial charge in [0.1, 0.15) is 6.10 Å². The van der Waals surface area contributed by atoms with Crippen molar-refractivity contribution in [2.75, 3.05) is 0 Å². The van der Waals surface area contributed by atoms with Crippen LogP contribution in [0.25, 0.3) is 0 Å². The summed E-state index contributed by atoms with van der Waals surface area (Å²) in [6.45, 7) is 16.5. The summed E-state index contributed by atoms with van der Waals surface area (Å²) >= 11 is 0. The molecule has 5 aliphatic carbocycles. The highest BCUT2D eigenvalue weighted by molar-refractivity contribution is 5.66. The number of hydrogen-bond acceptors (Lipinski definition) is 2. The summed E-state index contributed by atoms with van der Waals surface area (Å²) in [6, 6.07) is 0. The van der Waals surface area contributed by atoms with E-state index in [1.807, 2.05) is 0 Å². The van der Waals surface area contributed by atoms with Gasteiger partial charge < -0.3 is 4.74 Å². The van der Waals surface area contributed by atoms with Gasteiger partial charge in [0.2, 0.25) is 0 Å². The Morgan fingerprint density at radius 1 is 0.879 bits per heavy atom. The minimum atomic E-state index is -0.0869. The van der Waals surface area contributed by atoms with Crippen LogP contribution in [0.4, 0.5) is 0 Å². The number of esters is 1. The molecule has 0 aromatic heterocycles. The van der Waals surface area contributed by atoms with Crippen molar-refractivity contribution in [1.29, 1.82) is 0 Å². The van der Waals surface area contributed by atoms with Gasteiger partial charge in [0.05, 0.1) is 0 Å². The van der Waals surface area contributed by atoms with Crippen LogP contribution in [0.3, 0.4) is 0 Å². The normalized spacial score (nSPS) is 48.3. The Morgan fingerprint density at radius 3 is 2.30 bits per heavy atom. The van der Waals surface area contributed by atoms with Gasteiger partial charge in [0.25, 0.3) is 0 Å². The topological polar surface area (TPSA) is 26.3 Å². The lowest BCUT2D eigenvalue weighted by Gasteiger charge is -2.59. The first-order valence-corrected chi connectivity index (χ1v) is 14.7. The zero-order valence-electron chi connectivity index (χ0n) is 22.8. The van der Waals surface area contributed by atoms with Crippen molar-refractivity contribution in [3.8, 4) is 0 Å². The molecule has 5 rings (SSSR count). The largest absolute Gasteiger partial charge is 0.462 e. The van der Waals surface area contributed by atoms with E-state index in [1.165, 1.54) is 70.6 Å². The van der Waals surface area contributed by atoms with E-state index in [0.717, 1.165) is 41.9 Å². The maximum Gasteiger partial charge on any atom is 0.302 e. The second-order valence-corrected chi connectivity index (χ2v) is 14.8. The quantitative estimate of drug-likeness (QED) is 0.375. The van der Waals surface area contributed by atoms with Crippen LogP contribution in [0, 0.1) is 57.2 Å². The molecule has 0 heterocycles. The van der Waals surface area contributed by atoms with Crippen molar-refractivity contribution in [3.05, 3.63) is 0 Å². The van der Waals surface area contributed by atoms with Crippen LogP contribution in [0.15, 0.2) is 0 Å². The summed E-state index contributed by atoms with van der Waals surface area (Å²) in [7, 11) is 0. The lowest BCUT2D eigenvalue weighted by molar-refractivity contribution is -0.173. The molecule has 5 aliphatic rings. The standard InChI is InChI=1S/C31H52O2/c1-20(2)9-8-10-21(3)23-11-12-24-25-13-14-26-28(5,6)27(33-22(4)32)15-16-31(26)19-30(25,31)18-17-29(23,24)7/h20-21,23-27H,8-19H2,1-7H3/t21-,23+,24+,25+,26+,27+,29-,30+,31-/m1/s1. The van der Waals surface area contributed by atoms with Crippen molar-refractivity contribution in [1.82, 2.24) is 0 Å². The molecule has 33 heavy (non-hydrogen) atoms. The van der Waals surface area contributed by atoms with Gasteiger partial charge in [-0.05, 0) is 110 Å². The lowest BCUT2D eigenvalue weighted by atomic mass is 9.46. The third-order valence-corrected chi connectivity index (χ3v) is 12.7. The Bertz CT molecular complexity index is 769. The van der Waals surface area contributed by atoms with E-state index in [-0.39, 0.29) is 17.5 Å². The van der Waals surface area contributed by atoms with Crippen LogP contribution >= 0.6 is 0 Å². The van der Waals surface area contributed by atoms with Crippen molar-refractivity contribution in [2.45, 2.75) is 132 Å². The molecule has 0 N–H and O–H groups in total. The molecule has 9 atom stereocenters. The van der Waals surface area contributed by atoms with Crippen LogP contribution in [0.2, 0.25) is 0 Å². The maximum atomic E-state index is 11.8. The molecular weight excluding hydrogens is 404 g/mol. The molecule has 0 bridgehead atoms. The zero-order valence-corrected chi connectivity index (χ0v) is 22.8. The fraction of sp³-hybridized carbons (Fsp3) is 0.968. The van der Waals surface area contributed by atoms with Gasteiger partial charge in [-0.25, -0.2) is 0 Å². The molecule has 0 aliphatic heterocycles. The van der Waals surface area contributed by atoms with E-state index < -0.39 is 0 Å². The molecule has 188 valence electrons. The Kier molecular flexibility index (Phi) is 5.85. The number of ether oxygens (including phenoxy) is 1. The van der Waals surface area contributed by atoms with Gasteiger partial charge in [0.15, 0.2) is 0 Å². The Morgan fingerprint density at radius 2 is 1.61 bits per heavy atom.